The molecule has 0 aliphatic heterocycles. The van der Waals surface area contributed by atoms with Gasteiger partial charge in [-0.1, -0.05) is 91.0 Å². The van der Waals surface area contributed by atoms with Crippen LogP contribution in [0.3, 0.4) is 0 Å². The zero-order valence-corrected chi connectivity index (χ0v) is 20.0. The molecule has 0 spiro atoms. The highest BCUT2D eigenvalue weighted by atomic mass is 16.3. The second kappa shape index (κ2) is 8.25. The Kier molecular flexibility index (Phi) is 4.75. The van der Waals surface area contributed by atoms with Crippen LogP contribution in [0.5, 0.6) is 0 Å². The summed E-state index contributed by atoms with van der Waals surface area (Å²) in [6.07, 6.45) is 0. The average Bonchev–Trinajstić information content (AvgIpc) is 3.32. The lowest BCUT2D eigenvalue weighted by atomic mass is 9.95. The van der Waals surface area contributed by atoms with E-state index in [2.05, 4.69) is 128 Å². The molecule has 0 saturated heterocycles. The van der Waals surface area contributed by atoms with Gasteiger partial charge in [-0.3, -0.25) is 0 Å². The molecule has 1 aromatic heterocycles. The van der Waals surface area contributed by atoms with Crippen molar-refractivity contribution in [2.45, 2.75) is 6.92 Å². The lowest BCUT2D eigenvalue weighted by Gasteiger charge is -2.09. The van der Waals surface area contributed by atoms with E-state index < -0.39 is 0 Å². The summed E-state index contributed by atoms with van der Waals surface area (Å²) in [6.45, 7) is 2.15. The molecule has 170 valence electrons. The molecule has 1 heteroatoms. The van der Waals surface area contributed by atoms with E-state index in [-0.39, 0.29) is 0 Å². The first kappa shape index (κ1) is 20.7. The summed E-state index contributed by atoms with van der Waals surface area (Å²) in [7, 11) is 0. The van der Waals surface area contributed by atoms with Gasteiger partial charge in [-0.2, -0.15) is 0 Å². The van der Waals surface area contributed by atoms with Gasteiger partial charge in [0.25, 0.3) is 0 Å². The molecular weight excluding hydrogens is 436 g/mol. The van der Waals surface area contributed by atoms with Crippen LogP contribution >= 0.6 is 0 Å². The number of aryl methyl sites for hydroxylation is 1. The number of hydrogen-bond acceptors (Lipinski definition) is 1. The van der Waals surface area contributed by atoms with Crippen molar-refractivity contribution in [2.75, 3.05) is 0 Å². The topological polar surface area (TPSA) is 13.1 Å². The minimum atomic E-state index is 0.936. The standard InChI is InChI=1S/C35H24O/c1-23-7-5-12-34-35(23)32-22-31(17-18-33(32)36-34)30-16-15-28-20-27(13-14-29(28)21-30)26-11-6-10-25(19-26)24-8-3-2-4-9-24/h2-22H,1H3. The lowest BCUT2D eigenvalue weighted by molar-refractivity contribution is 0.669. The van der Waals surface area contributed by atoms with E-state index in [4.69, 9.17) is 4.42 Å². The van der Waals surface area contributed by atoms with Crippen molar-refractivity contribution in [3.8, 4) is 33.4 Å². The zero-order valence-electron chi connectivity index (χ0n) is 20.0. The quantitative estimate of drug-likeness (QED) is 0.256. The lowest BCUT2D eigenvalue weighted by Crippen LogP contribution is -1.83. The number of rotatable bonds is 3. The summed E-state index contributed by atoms with van der Waals surface area (Å²) in [5, 5.41) is 4.86. The van der Waals surface area contributed by atoms with Crippen molar-refractivity contribution in [3.63, 3.8) is 0 Å². The minimum Gasteiger partial charge on any atom is -0.456 e. The maximum absolute atomic E-state index is 6.09. The summed E-state index contributed by atoms with van der Waals surface area (Å²) < 4.78 is 6.09. The first-order valence-corrected chi connectivity index (χ1v) is 12.3. The van der Waals surface area contributed by atoms with Gasteiger partial charge in [0.15, 0.2) is 0 Å². The first-order valence-electron chi connectivity index (χ1n) is 12.3. The summed E-state index contributed by atoms with van der Waals surface area (Å²) in [4.78, 5) is 0. The molecule has 0 aliphatic rings. The van der Waals surface area contributed by atoms with Gasteiger partial charge in [0.1, 0.15) is 11.2 Å². The third-order valence-electron chi connectivity index (χ3n) is 7.18. The third kappa shape index (κ3) is 3.49. The molecule has 0 unspecified atom stereocenters. The van der Waals surface area contributed by atoms with E-state index in [1.807, 2.05) is 6.07 Å². The van der Waals surface area contributed by atoms with Crippen molar-refractivity contribution in [3.05, 3.63) is 133 Å². The fourth-order valence-corrected chi connectivity index (χ4v) is 5.30. The van der Waals surface area contributed by atoms with E-state index >= 15 is 0 Å². The van der Waals surface area contributed by atoms with Gasteiger partial charge in [-0.25, -0.2) is 0 Å². The van der Waals surface area contributed by atoms with Crippen LogP contribution in [-0.2, 0) is 0 Å². The summed E-state index contributed by atoms with van der Waals surface area (Å²) >= 11 is 0. The Bertz CT molecular complexity index is 1890. The Labute approximate surface area is 210 Å². The number of furan rings is 1. The van der Waals surface area contributed by atoms with Crippen LogP contribution in [0.15, 0.2) is 132 Å². The molecule has 0 radical (unpaired) electrons. The predicted octanol–water partition coefficient (Wildman–Crippen LogP) is 10.0. The molecule has 36 heavy (non-hydrogen) atoms. The number of benzene rings is 6. The largest absolute Gasteiger partial charge is 0.456 e. The van der Waals surface area contributed by atoms with E-state index in [0.29, 0.717) is 0 Å². The van der Waals surface area contributed by atoms with Crippen LogP contribution in [0.4, 0.5) is 0 Å². The van der Waals surface area contributed by atoms with Crippen LogP contribution in [-0.4, -0.2) is 0 Å². The van der Waals surface area contributed by atoms with E-state index in [1.54, 1.807) is 0 Å². The summed E-state index contributed by atoms with van der Waals surface area (Å²) in [6, 6.07) is 45.6. The maximum Gasteiger partial charge on any atom is 0.135 e. The third-order valence-corrected chi connectivity index (χ3v) is 7.18. The summed E-state index contributed by atoms with van der Waals surface area (Å²) in [5.74, 6) is 0. The summed E-state index contributed by atoms with van der Waals surface area (Å²) in [5.41, 5.74) is 10.5. The van der Waals surface area contributed by atoms with Crippen molar-refractivity contribution < 1.29 is 4.42 Å². The maximum atomic E-state index is 6.09. The van der Waals surface area contributed by atoms with Crippen molar-refractivity contribution in [2.24, 2.45) is 0 Å². The molecule has 1 heterocycles. The van der Waals surface area contributed by atoms with E-state index in [0.717, 1.165) is 11.2 Å². The highest BCUT2D eigenvalue weighted by Gasteiger charge is 2.11. The Morgan fingerprint density at radius 3 is 1.75 bits per heavy atom. The Morgan fingerprint density at radius 1 is 0.417 bits per heavy atom. The van der Waals surface area contributed by atoms with Crippen molar-refractivity contribution >= 4 is 32.7 Å². The van der Waals surface area contributed by atoms with Crippen LogP contribution in [0.2, 0.25) is 0 Å². The van der Waals surface area contributed by atoms with E-state index in [1.165, 1.54) is 60.5 Å². The normalized spacial score (nSPS) is 11.5. The molecule has 6 aromatic carbocycles. The van der Waals surface area contributed by atoms with E-state index in [9.17, 15) is 0 Å². The molecule has 7 rings (SSSR count). The van der Waals surface area contributed by atoms with Gasteiger partial charge in [-0.05, 0) is 93.0 Å². The van der Waals surface area contributed by atoms with Gasteiger partial charge in [0.2, 0.25) is 0 Å². The minimum absolute atomic E-state index is 0.936. The van der Waals surface area contributed by atoms with Gasteiger partial charge in [-0.15, -0.1) is 0 Å². The monoisotopic (exact) mass is 460 g/mol. The van der Waals surface area contributed by atoms with Crippen molar-refractivity contribution in [1.29, 1.82) is 0 Å². The molecule has 0 bridgehead atoms. The number of fused-ring (bicyclic) bond motifs is 4. The Morgan fingerprint density at radius 2 is 1.00 bits per heavy atom. The second-order valence-electron chi connectivity index (χ2n) is 9.48. The molecule has 0 atom stereocenters. The zero-order chi connectivity index (χ0) is 24.1. The van der Waals surface area contributed by atoms with Gasteiger partial charge in [0, 0.05) is 10.8 Å². The van der Waals surface area contributed by atoms with Crippen LogP contribution in [0.1, 0.15) is 5.56 Å². The molecule has 0 amide bonds. The smallest absolute Gasteiger partial charge is 0.135 e. The highest BCUT2D eigenvalue weighted by molar-refractivity contribution is 6.08. The molecule has 0 saturated carbocycles. The SMILES string of the molecule is Cc1cccc2oc3ccc(-c4ccc5cc(-c6cccc(-c7ccccc7)c6)ccc5c4)cc3c12. The fraction of sp³-hybridized carbons (Fsp3) is 0.0286. The molecular formula is C35H24O. The van der Waals surface area contributed by atoms with Gasteiger partial charge >= 0.3 is 0 Å². The molecule has 7 aromatic rings. The molecule has 0 fully saturated rings. The molecule has 0 N–H and O–H groups in total. The van der Waals surface area contributed by atoms with Crippen LogP contribution < -0.4 is 0 Å². The van der Waals surface area contributed by atoms with Gasteiger partial charge in [0.05, 0.1) is 0 Å². The first-order chi connectivity index (χ1) is 17.7. The van der Waals surface area contributed by atoms with Crippen LogP contribution in [0, 0.1) is 6.92 Å². The number of hydrogen-bond donors (Lipinski definition) is 0. The van der Waals surface area contributed by atoms with Crippen LogP contribution in [0.25, 0.3) is 66.1 Å². The molecule has 1 nitrogen and oxygen atoms in total. The second-order valence-corrected chi connectivity index (χ2v) is 9.48. The average molecular weight is 461 g/mol. The molecule has 0 aliphatic carbocycles. The predicted molar refractivity (Wildman–Crippen MR) is 152 cm³/mol. The van der Waals surface area contributed by atoms with Crippen molar-refractivity contribution in [1.82, 2.24) is 0 Å². The van der Waals surface area contributed by atoms with Gasteiger partial charge < -0.3 is 4.42 Å². The fourth-order valence-electron chi connectivity index (χ4n) is 5.30. The Hall–Kier alpha value is -4.62. The highest BCUT2D eigenvalue weighted by Crippen LogP contribution is 2.35. The Balaban J connectivity index is 1.28.